The number of carbonyl (C=O) groups is 2. The molecule has 2 aromatic carbocycles. The smallest absolute Gasteiger partial charge is 0.389 e. The van der Waals surface area contributed by atoms with Crippen LogP contribution in [0.3, 0.4) is 0 Å². The number of halogens is 5. The second kappa shape index (κ2) is 11.6. The Morgan fingerprint density at radius 3 is 2.35 bits per heavy atom. The minimum atomic E-state index is -4.51. The van der Waals surface area contributed by atoms with E-state index in [9.17, 15) is 36.8 Å². The monoisotopic (exact) mass is 595 g/mol. The molecule has 0 radical (unpaired) electrons. The van der Waals surface area contributed by atoms with Gasteiger partial charge in [0.1, 0.15) is 17.4 Å². The molecule has 0 unspecified atom stereocenters. The number of nitrogens with zero attached hydrogens (tertiary/aromatic N) is 2. The molecule has 11 heteroatoms. The normalized spacial score (nSPS) is 14.5. The van der Waals surface area contributed by atoms with E-state index in [1.807, 2.05) is 0 Å². The maximum absolute atomic E-state index is 15.0. The molecule has 1 N–H and O–H groups in total. The first-order chi connectivity index (χ1) is 20.4. The van der Waals surface area contributed by atoms with Gasteiger partial charge in [-0.05, 0) is 67.3 Å². The summed E-state index contributed by atoms with van der Waals surface area (Å²) >= 11 is 0. The molecule has 4 aromatic rings. The molecule has 1 aliphatic rings. The Hall–Kier alpha value is -4.59. The Kier molecular flexibility index (Phi) is 8.06. The van der Waals surface area contributed by atoms with Gasteiger partial charge in [-0.2, -0.15) is 18.4 Å². The Morgan fingerprint density at radius 1 is 1.05 bits per heavy atom. The molecule has 1 amide bonds. The van der Waals surface area contributed by atoms with Crippen molar-refractivity contribution in [2.24, 2.45) is 5.41 Å². The third kappa shape index (κ3) is 6.14. The van der Waals surface area contributed by atoms with E-state index in [1.54, 1.807) is 0 Å². The molecular weight excluding hydrogens is 569 g/mol. The summed E-state index contributed by atoms with van der Waals surface area (Å²) in [5, 5.41) is 12.4. The number of nitrogens with one attached hydrogen (secondary N) is 1. The van der Waals surface area contributed by atoms with Gasteiger partial charge in [-0.3, -0.25) is 9.59 Å². The molecular formula is C32H26F5N3O3. The van der Waals surface area contributed by atoms with Crippen molar-refractivity contribution in [1.82, 2.24) is 10.3 Å². The number of fused-ring (bicyclic) bond motifs is 1. The summed E-state index contributed by atoms with van der Waals surface area (Å²) in [6, 6.07) is 12.4. The maximum atomic E-state index is 15.0. The standard InChI is InChI=1S/C32H26F5N3O3/c1-39-29(42)27-23-15-21(19-6-9-24(34)22(14-19)26(41)16-31(17-38)11-2-3-12-31)25(10-13-32(35,36)37)40-30(23)43-28(27)18-4-7-20(33)8-5-18/h4-9,14-15H,2-3,10-13,16H2,1H3,(H,39,42). The van der Waals surface area contributed by atoms with Gasteiger partial charge >= 0.3 is 6.18 Å². The Morgan fingerprint density at radius 2 is 1.72 bits per heavy atom. The number of hydrogen-bond acceptors (Lipinski definition) is 5. The molecule has 5 rings (SSSR count). The van der Waals surface area contributed by atoms with E-state index in [-0.39, 0.29) is 51.2 Å². The van der Waals surface area contributed by atoms with E-state index in [1.165, 1.54) is 49.5 Å². The van der Waals surface area contributed by atoms with Crippen LogP contribution in [0.4, 0.5) is 22.0 Å². The van der Waals surface area contributed by atoms with E-state index in [0.717, 1.165) is 18.9 Å². The third-order valence-electron chi connectivity index (χ3n) is 7.84. The van der Waals surface area contributed by atoms with Crippen molar-refractivity contribution < 1.29 is 36.0 Å². The largest absolute Gasteiger partial charge is 0.437 e. The molecule has 1 aliphatic carbocycles. The number of ketones is 1. The summed E-state index contributed by atoms with van der Waals surface area (Å²) in [4.78, 5) is 30.6. The summed E-state index contributed by atoms with van der Waals surface area (Å²) in [5.74, 6) is -2.47. The highest BCUT2D eigenvalue weighted by molar-refractivity contribution is 6.11. The molecule has 6 nitrogen and oxygen atoms in total. The van der Waals surface area contributed by atoms with Gasteiger partial charge in [0.2, 0.25) is 5.71 Å². The third-order valence-corrected chi connectivity index (χ3v) is 7.84. The zero-order chi connectivity index (χ0) is 30.9. The quantitative estimate of drug-likeness (QED) is 0.165. The lowest BCUT2D eigenvalue weighted by atomic mass is 9.81. The van der Waals surface area contributed by atoms with Crippen LogP contribution in [0, 0.1) is 28.4 Å². The summed E-state index contributed by atoms with van der Waals surface area (Å²) < 4.78 is 74.3. The van der Waals surface area contributed by atoms with E-state index in [4.69, 9.17) is 4.42 Å². The topological polar surface area (TPSA) is 96.0 Å². The van der Waals surface area contributed by atoms with E-state index >= 15 is 0 Å². The lowest BCUT2D eigenvalue weighted by molar-refractivity contribution is -0.134. The van der Waals surface area contributed by atoms with Gasteiger partial charge < -0.3 is 9.73 Å². The number of Topliss-reactive ketones (excluding diaryl/α,β-unsaturated/α-hetero) is 1. The van der Waals surface area contributed by atoms with E-state index < -0.39 is 47.8 Å². The molecule has 1 saturated carbocycles. The van der Waals surface area contributed by atoms with Crippen LogP contribution in [0.15, 0.2) is 52.9 Å². The second-order valence-corrected chi connectivity index (χ2v) is 10.7. The van der Waals surface area contributed by atoms with Crippen molar-refractivity contribution in [1.29, 1.82) is 5.26 Å². The van der Waals surface area contributed by atoms with Crippen LogP contribution >= 0.6 is 0 Å². The number of pyridine rings is 1. The number of nitriles is 1. The van der Waals surface area contributed by atoms with E-state index in [2.05, 4.69) is 16.4 Å². The van der Waals surface area contributed by atoms with E-state index in [0.29, 0.717) is 18.4 Å². The van der Waals surface area contributed by atoms with Crippen LogP contribution < -0.4 is 5.32 Å². The van der Waals surface area contributed by atoms with Crippen molar-refractivity contribution in [2.75, 3.05) is 7.05 Å². The molecule has 2 aromatic heterocycles. The summed E-state index contributed by atoms with van der Waals surface area (Å²) in [7, 11) is 1.39. The van der Waals surface area contributed by atoms with Gasteiger partial charge in [0.25, 0.3) is 5.91 Å². The van der Waals surface area contributed by atoms with Crippen molar-refractivity contribution in [3.05, 3.63) is 77.0 Å². The van der Waals surface area contributed by atoms with Gasteiger partial charge in [-0.15, -0.1) is 0 Å². The van der Waals surface area contributed by atoms with Crippen LogP contribution in [-0.4, -0.2) is 29.9 Å². The van der Waals surface area contributed by atoms with Crippen molar-refractivity contribution >= 4 is 22.8 Å². The Balaban J connectivity index is 1.67. The average molecular weight is 596 g/mol. The number of amides is 1. The minimum Gasteiger partial charge on any atom is -0.437 e. The zero-order valence-corrected chi connectivity index (χ0v) is 23.1. The predicted octanol–water partition coefficient (Wildman–Crippen LogP) is 7.95. The number of benzene rings is 2. The summed E-state index contributed by atoms with van der Waals surface area (Å²) in [5.41, 5.74) is -0.601. The van der Waals surface area contributed by atoms with Crippen molar-refractivity contribution in [3.63, 3.8) is 0 Å². The fraction of sp³-hybridized carbons (Fsp3) is 0.312. The SMILES string of the molecule is CNC(=O)c1c(-c2ccc(F)cc2)oc2nc(CCC(F)(F)F)c(-c3ccc(F)c(C(=O)CC4(C#N)CCCC4)c3)cc12. The molecule has 0 spiro atoms. The average Bonchev–Trinajstić information content (AvgIpc) is 3.60. The van der Waals surface area contributed by atoms with Gasteiger partial charge in [0, 0.05) is 31.0 Å². The molecule has 0 atom stereocenters. The maximum Gasteiger partial charge on any atom is 0.389 e. The summed E-state index contributed by atoms with van der Waals surface area (Å²) in [6.45, 7) is 0. The van der Waals surface area contributed by atoms with Gasteiger partial charge in [-0.25, -0.2) is 13.8 Å². The predicted molar refractivity (Wildman–Crippen MR) is 148 cm³/mol. The lowest BCUT2D eigenvalue weighted by Crippen LogP contribution is -2.20. The lowest BCUT2D eigenvalue weighted by Gasteiger charge is -2.19. The van der Waals surface area contributed by atoms with Gasteiger partial charge in [-0.1, -0.05) is 18.9 Å². The molecule has 222 valence electrons. The van der Waals surface area contributed by atoms with Crippen LogP contribution in [-0.2, 0) is 6.42 Å². The first-order valence-electron chi connectivity index (χ1n) is 13.7. The number of furan rings is 1. The molecule has 0 saturated heterocycles. The first kappa shape index (κ1) is 29.9. The number of carbonyl (C=O) groups excluding carboxylic acids is 2. The molecule has 1 fully saturated rings. The van der Waals surface area contributed by atoms with Crippen LogP contribution in [0.2, 0.25) is 0 Å². The Labute approximate surface area is 243 Å². The molecule has 0 bridgehead atoms. The van der Waals surface area contributed by atoms with Crippen LogP contribution in [0.1, 0.15) is 64.9 Å². The second-order valence-electron chi connectivity index (χ2n) is 10.7. The molecule has 0 aliphatic heterocycles. The number of aryl methyl sites for hydroxylation is 1. The first-order valence-corrected chi connectivity index (χ1v) is 13.7. The molecule has 2 heterocycles. The van der Waals surface area contributed by atoms with Crippen molar-refractivity contribution in [3.8, 4) is 28.5 Å². The zero-order valence-electron chi connectivity index (χ0n) is 23.1. The minimum absolute atomic E-state index is 0.0239. The highest BCUT2D eigenvalue weighted by Crippen LogP contribution is 2.42. The highest BCUT2D eigenvalue weighted by atomic mass is 19.4. The van der Waals surface area contributed by atoms with Crippen molar-refractivity contribution in [2.45, 2.75) is 51.1 Å². The van der Waals surface area contributed by atoms with Gasteiger partial charge in [0.05, 0.1) is 33.7 Å². The number of alkyl halides is 3. The van der Waals surface area contributed by atoms with Crippen LogP contribution in [0.5, 0.6) is 0 Å². The Bertz CT molecular complexity index is 1750. The molecule has 43 heavy (non-hydrogen) atoms. The van der Waals surface area contributed by atoms with Crippen LogP contribution in [0.25, 0.3) is 33.6 Å². The number of hydrogen-bond donors (Lipinski definition) is 1. The highest BCUT2D eigenvalue weighted by Gasteiger charge is 2.37. The number of rotatable bonds is 8. The number of aromatic nitrogens is 1. The summed E-state index contributed by atoms with van der Waals surface area (Å²) in [6.07, 6.45) is -3.84. The fourth-order valence-corrected chi connectivity index (χ4v) is 5.60. The van der Waals surface area contributed by atoms with Gasteiger partial charge in [0.15, 0.2) is 5.78 Å². The fourth-order valence-electron chi connectivity index (χ4n) is 5.60.